The van der Waals surface area contributed by atoms with E-state index >= 15 is 0 Å². The Morgan fingerprint density at radius 2 is 2.25 bits per heavy atom. The predicted octanol–water partition coefficient (Wildman–Crippen LogP) is 2.37. The molecular weight excluding hydrogens is 179 g/mol. The van der Waals surface area contributed by atoms with Crippen LogP contribution in [-0.2, 0) is 7.05 Å². The van der Waals surface area contributed by atoms with Crippen molar-refractivity contribution in [1.29, 1.82) is 0 Å². The Morgan fingerprint density at radius 3 is 3.00 bits per heavy atom. The molecule has 1 aromatic carbocycles. The zero-order chi connectivity index (χ0) is 8.72. The van der Waals surface area contributed by atoms with Crippen LogP contribution in [0.5, 0.6) is 0 Å². The fourth-order valence-corrected chi connectivity index (χ4v) is 1.33. The first-order valence-corrected chi connectivity index (χ1v) is 3.84. The number of fused-ring (bicyclic) bond motifs is 1. The summed E-state index contributed by atoms with van der Waals surface area (Å²) in [6.07, 6.45) is 0. The number of aromatic nitrogens is 2. The standard InChI is InChI=1S/C8H6ClFN2/c1-12-8(9)6-4-5(10)2-3-7(6)11-12/h2-4H,1H3. The number of hydrogen-bond donors (Lipinski definition) is 0. The van der Waals surface area contributed by atoms with E-state index in [1.165, 1.54) is 16.8 Å². The van der Waals surface area contributed by atoms with Gasteiger partial charge in [-0.15, -0.1) is 0 Å². The third-order valence-electron chi connectivity index (χ3n) is 1.72. The summed E-state index contributed by atoms with van der Waals surface area (Å²) in [5.41, 5.74) is 0.712. The van der Waals surface area contributed by atoms with Gasteiger partial charge in [0.05, 0.1) is 5.52 Å². The Kier molecular flexibility index (Phi) is 1.54. The van der Waals surface area contributed by atoms with Crippen molar-refractivity contribution in [2.24, 2.45) is 7.05 Å². The maximum Gasteiger partial charge on any atom is 0.134 e. The summed E-state index contributed by atoms with van der Waals surface area (Å²) < 4.78 is 14.2. The van der Waals surface area contributed by atoms with Gasteiger partial charge in [0.15, 0.2) is 0 Å². The molecule has 0 N–H and O–H groups in total. The van der Waals surface area contributed by atoms with E-state index in [2.05, 4.69) is 5.10 Å². The normalized spacial score (nSPS) is 10.9. The SMILES string of the molecule is Cn1nc2ccc(F)cc2c1Cl. The monoisotopic (exact) mass is 184 g/mol. The summed E-state index contributed by atoms with van der Waals surface area (Å²) >= 11 is 5.85. The van der Waals surface area contributed by atoms with Gasteiger partial charge < -0.3 is 0 Å². The molecule has 62 valence electrons. The fraction of sp³-hybridized carbons (Fsp3) is 0.125. The maximum atomic E-state index is 12.7. The number of benzene rings is 1. The van der Waals surface area contributed by atoms with Crippen LogP contribution >= 0.6 is 11.6 Å². The average molecular weight is 185 g/mol. The Hall–Kier alpha value is -1.09. The van der Waals surface area contributed by atoms with Crippen LogP contribution in [0.4, 0.5) is 4.39 Å². The lowest BCUT2D eigenvalue weighted by Crippen LogP contribution is -1.87. The molecule has 2 rings (SSSR count). The van der Waals surface area contributed by atoms with Gasteiger partial charge in [-0.1, -0.05) is 11.6 Å². The molecule has 0 aliphatic carbocycles. The maximum absolute atomic E-state index is 12.7. The quantitative estimate of drug-likeness (QED) is 0.615. The van der Waals surface area contributed by atoms with Crippen LogP contribution in [0.25, 0.3) is 10.9 Å². The predicted molar refractivity (Wildman–Crippen MR) is 45.7 cm³/mol. The van der Waals surface area contributed by atoms with Gasteiger partial charge in [0.25, 0.3) is 0 Å². The van der Waals surface area contributed by atoms with Crippen molar-refractivity contribution in [2.45, 2.75) is 0 Å². The van der Waals surface area contributed by atoms with Gasteiger partial charge in [-0.2, -0.15) is 5.10 Å². The molecule has 0 atom stereocenters. The molecule has 0 saturated carbocycles. The summed E-state index contributed by atoms with van der Waals surface area (Å²) in [4.78, 5) is 0. The van der Waals surface area contributed by atoms with Crippen LogP contribution in [-0.4, -0.2) is 9.78 Å². The molecule has 0 fully saturated rings. The molecule has 12 heavy (non-hydrogen) atoms. The summed E-state index contributed by atoms with van der Waals surface area (Å²) in [5, 5.41) is 5.19. The molecule has 0 spiro atoms. The van der Waals surface area contributed by atoms with Crippen molar-refractivity contribution in [2.75, 3.05) is 0 Å². The van der Waals surface area contributed by atoms with Crippen LogP contribution in [0.2, 0.25) is 5.15 Å². The van der Waals surface area contributed by atoms with Gasteiger partial charge in [-0.25, -0.2) is 4.39 Å². The molecule has 0 saturated heterocycles. The molecule has 1 aromatic heterocycles. The minimum Gasteiger partial charge on any atom is -0.256 e. The Bertz CT molecular complexity index is 436. The fourth-order valence-electron chi connectivity index (χ4n) is 1.14. The zero-order valence-corrected chi connectivity index (χ0v) is 7.14. The van der Waals surface area contributed by atoms with Crippen LogP contribution in [0.3, 0.4) is 0 Å². The summed E-state index contributed by atoms with van der Waals surface area (Å²) in [7, 11) is 1.72. The third-order valence-corrected chi connectivity index (χ3v) is 2.17. The first-order valence-electron chi connectivity index (χ1n) is 3.46. The highest BCUT2D eigenvalue weighted by Crippen LogP contribution is 2.22. The van der Waals surface area contributed by atoms with E-state index in [1.54, 1.807) is 13.1 Å². The lowest BCUT2D eigenvalue weighted by atomic mass is 10.2. The Balaban J connectivity index is 2.88. The van der Waals surface area contributed by atoms with E-state index in [-0.39, 0.29) is 5.82 Å². The molecule has 0 radical (unpaired) electrons. The van der Waals surface area contributed by atoms with Crippen LogP contribution in [0.1, 0.15) is 0 Å². The molecule has 0 aliphatic rings. The number of halogens is 2. The number of aryl methyl sites for hydroxylation is 1. The van der Waals surface area contributed by atoms with E-state index in [1.807, 2.05) is 0 Å². The smallest absolute Gasteiger partial charge is 0.134 e. The highest BCUT2D eigenvalue weighted by atomic mass is 35.5. The van der Waals surface area contributed by atoms with Gasteiger partial charge in [0.2, 0.25) is 0 Å². The van der Waals surface area contributed by atoms with Gasteiger partial charge in [0, 0.05) is 12.4 Å². The minimum absolute atomic E-state index is 0.294. The van der Waals surface area contributed by atoms with Crippen molar-refractivity contribution in [1.82, 2.24) is 9.78 Å². The molecule has 1 heterocycles. The first-order chi connectivity index (χ1) is 5.68. The van der Waals surface area contributed by atoms with E-state index < -0.39 is 0 Å². The highest BCUT2D eigenvalue weighted by Gasteiger charge is 2.06. The van der Waals surface area contributed by atoms with Gasteiger partial charge >= 0.3 is 0 Å². The van der Waals surface area contributed by atoms with Gasteiger partial charge in [0.1, 0.15) is 11.0 Å². The van der Waals surface area contributed by atoms with Gasteiger partial charge in [-0.3, -0.25) is 4.68 Å². The van der Waals surface area contributed by atoms with Crippen molar-refractivity contribution < 1.29 is 4.39 Å². The summed E-state index contributed by atoms with van der Waals surface area (Å²) in [6.45, 7) is 0. The van der Waals surface area contributed by atoms with E-state index in [4.69, 9.17) is 11.6 Å². The van der Waals surface area contributed by atoms with Crippen LogP contribution in [0, 0.1) is 5.82 Å². The summed E-state index contributed by atoms with van der Waals surface area (Å²) in [5.74, 6) is -0.294. The van der Waals surface area contributed by atoms with Gasteiger partial charge in [-0.05, 0) is 18.2 Å². The molecule has 0 amide bonds. The molecule has 0 unspecified atom stereocenters. The minimum atomic E-state index is -0.294. The van der Waals surface area contributed by atoms with Crippen molar-refractivity contribution >= 4 is 22.5 Å². The molecule has 0 bridgehead atoms. The topological polar surface area (TPSA) is 17.8 Å². The summed E-state index contributed by atoms with van der Waals surface area (Å²) in [6, 6.07) is 4.35. The van der Waals surface area contributed by atoms with Crippen LogP contribution < -0.4 is 0 Å². The second-order valence-electron chi connectivity index (χ2n) is 2.58. The average Bonchev–Trinajstić information content (AvgIpc) is 2.31. The molecule has 2 nitrogen and oxygen atoms in total. The third kappa shape index (κ3) is 0.975. The van der Waals surface area contributed by atoms with E-state index in [9.17, 15) is 4.39 Å². The number of rotatable bonds is 0. The number of nitrogens with zero attached hydrogens (tertiary/aromatic N) is 2. The van der Waals surface area contributed by atoms with E-state index in [0.29, 0.717) is 16.1 Å². The molecule has 4 heteroatoms. The second kappa shape index (κ2) is 2.45. The molecule has 0 aliphatic heterocycles. The molecular formula is C8H6ClFN2. The number of hydrogen-bond acceptors (Lipinski definition) is 1. The Morgan fingerprint density at radius 1 is 1.50 bits per heavy atom. The lowest BCUT2D eigenvalue weighted by molar-refractivity contribution is 0.630. The highest BCUT2D eigenvalue weighted by molar-refractivity contribution is 6.34. The van der Waals surface area contributed by atoms with Crippen molar-refractivity contribution in [3.63, 3.8) is 0 Å². The largest absolute Gasteiger partial charge is 0.256 e. The van der Waals surface area contributed by atoms with Crippen molar-refractivity contribution in [3.8, 4) is 0 Å². The second-order valence-corrected chi connectivity index (χ2v) is 2.93. The van der Waals surface area contributed by atoms with Crippen molar-refractivity contribution in [3.05, 3.63) is 29.2 Å². The van der Waals surface area contributed by atoms with E-state index in [0.717, 1.165) is 0 Å². The zero-order valence-electron chi connectivity index (χ0n) is 6.38. The first kappa shape index (κ1) is 7.55. The Labute approximate surface area is 73.6 Å². The van der Waals surface area contributed by atoms with Crippen LogP contribution in [0.15, 0.2) is 18.2 Å². The molecule has 2 aromatic rings. The lowest BCUT2D eigenvalue weighted by Gasteiger charge is -1.88.